The molecular weight excluding hydrogens is 578 g/mol. The highest BCUT2D eigenvalue weighted by Gasteiger charge is 2.49. The van der Waals surface area contributed by atoms with E-state index in [1.165, 1.54) is 12.5 Å². The average molecular weight is 626 g/mol. The average Bonchev–Trinajstić information content (AvgIpc) is 2.99. The molecule has 0 aliphatic rings. The summed E-state index contributed by atoms with van der Waals surface area (Å²) in [6, 6.07) is 11.2. The molecule has 0 bridgehead atoms. The summed E-state index contributed by atoms with van der Waals surface area (Å²) >= 11 is 0. The molecule has 0 radical (unpaired) electrons. The molecule has 2 rings (SSSR count). The van der Waals surface area contributed by atoms with Gasteiger partial charge in [0.15, 0.2) is 5.60 Å². The van der Waals surface area contributed by atoms with Gasteiger partial charge in [0.05, 0.1) is 12.3 Å². The fourth-order valence-electron chi connectivity index (χ4n) is 5.39. The van der Waals surface area contributed by atoms with E-state index in [4.69, 9.17) is 0 Å². The van der Waals surface area contributed by atoms with Crippen LogP contribution in [0.1, 0.15) is 96.0 Å². The molecule has 0 unspecified atom stereocenters. The van der Waals surface area contributed by atoms with Crippen molar-refractivity contribution in [1.82, 2.24) is 5.32 Å². The van der Waals surface area contributed by atoms with Gasteiger partial charge in [0.25, 0.3) is 0 Å². The lowest BCUT2D eigenvalue weighted by Gasteiger charge is -2.29. The van der Waals surface area contributed by atoms with Gasteiger partial charge in [-0.1, -0.05) is 100 Å². The highest BCUT2D eigenvalue weighted by atomic mass is 16.4. The van der Waals surface area contributed by atoms with Gasteiger partial charge in [0.1, 0.15) is 11.8 Å². The van der Waals surface area contributed by atoms with Crippen molar-refractivity contribution < 1.29 is 44.4 Å². The van der Waals surface area contributed by atoms with Crippen LogP contribution in [0, 0.1) is 5.92 Å². The predicted octanol–water partition coefficient (Wildman–Crippen LogP) is 5.68. The molecule has 2 aromatic carbocycles. The number of carboxylic acids is 3. The molecule has 246 valence electrons. The summed E-state index contributed by atoms with van der Waals surface area (Å²) in [6.07, 6.45) is 11.4. The number of ketones is 1. The number of fused-ring (bicyclic) bond motifs is 1. The van der Waals surface area contributed by atoms with Crippen LogP contribution in [0.25, 0.3) is 10.8 Å². The minimum absolute atomic E-state index is 0.120. The number of carbonyl (C=O) groups is 5. The maximum Gasteiger partial charge on any atom is 0.337 e. The molecule has 0 saturated carbocycles. The number of benzene rings is 2. The van der Waals surface area contributed by atoms with Crippen LogP contribution in [-0.2, 0) is 30.4 Å². The molecule has 0 heterocycles. The van der Waals surface area contributed by atoms with Crippen LogP contribution in [0.5, 0.6) is 0 Å². The minimum atomic E-state index is -3.01. The molecule has 3 atom stereocenters. The van der Waals surface area contributed by atoms with Gasteiger partial charge in [-0.15, -0.1) is 0 Å². The van der Waals surface area contributed by atoms with Gasteiger partial charge in [0.2, 0.25) is 5.91 Å². The largest absolute Gasteiger partial charge is 0.481 e. The third-order valence-corrected chi connectivity index (χ3v) is 7.97. The lowest BCUT2D eigenvalue weighted by Crippen LogP contribution is -2.55. The van der Waals surface area contributed by atoms with Gasteiger partial charge >= 0.3 is 17.9 Å². The summed E-state index contributed by atoms with van der Waals surface area (Å²) in [5.41, 5.74) is -2.37. The summed E-state index contributed by atoms with van der Waals surface area (Å²) in [5.74, 6) is -7.62. The number of unbranched alkanes of at least 4 members (excludes halogenated alkanes) is 8. The van der Waals surface area contributed by atoms with E-state index in [1.54, 1.807) is 18.2 Å². The Bertz CT molecular complexity index is 1320. The lowest BCUT2D eigenvalue weighted by molar-refractivity contribution is -0.172. The van der Waals surface area contributed by atoms with Gasteiger partial charge in [0, 0.05) is 19.3 Å². The summed E-state index contributed by atoms with van der Waals surface area (Å²) in [7, 11) is 0. The molecule has 0 fully saturated rings. The van der Waals surface area contributed by atoms with Crippen molar-refractivity contribution in [2.24, 2.45) is 5.92 Å². The number of Topliss-reactive ketones (excluding diaryl/α,β-unsaturated/α-hetero) is 1. The molecule has 45 heavy (non-hydrogen) atoms. The number of nitrogens with one attached hydrogen (secondary N) is 1. The molecule has 0 aliphatic carbocycles. The summed E-state index contributed by atoms with van der Waals surface area (Å²) < 4.78 is 0. The number of rotatable bonds is 23. The molecule has 5 N–H and O–H groups in total. The fraction of sp³-hybridized carbons (Fsp3) is 0.514. The summed E-state index contributed by atoms with van der Waals surface area (Å²) in [4.78, 5) is 61.1. The van der Waals surface area contributed by atoms with Crippen LogP contribution in [0.15, 0.2) is 54.6 Å². The second-order valence-electron chi connectivity index (χ2n) is 11.6. The Morgan fingerprint density at radius 3 is 2.07 bits per heavy atom. The highest BCUT2D eigenvalue weighted by molar-refractivity contribution is 5.95. The standard InChI is InChI=1S/C35H47NO9/c1-2-3-4-7-10-19-27(37)20-11-8-5-6-9-12-22-29(35(45,34(43)44)24-31(38)39)32(40)36-30(33(41)42)23-26-18-15-17-25-16-13-14-21-28(25)26/h12-18,21-22,29-30,45H,2-11,19-20,23-24H2,1H3,(H,36,40)(H,38,39)(H,41,42)(H,43,44)/b22-12+/t29-,30+,35+/m1/s1. The third kappa shape index (κ3) is 12.5. The summed E-state index contributed by atoms with van der Waals surface area (Å²) in [5, 5.41) is 43.9. The van der Waals surface area contributed by atoms with Crippen LogP contribution in [0.4, 0.5) is 0 Å². The number of carboxylic acid groups (broad SMARTS) is 3. The number of hydrogen-bond acceptors (Lipinski definition) is 6. The van der Waals surface area contributed by atoms with Crippen molar-refractivity contribution in [2.75, 3.05) is 0 Å². The fourth-order valence-corrected chi connectivity index (χ4v) is 5.39. The van der Waals surface area contributed by atoms with Crippen LogP contribution >= 0.6 is 0 Å². The zero-order valence-corrected chi connectivity index (χ0v) is 26.1. The molecule has 2 aromatic rings. The van der Waals surface area contributed by atoms with Gasteiger partial charge in [-0.05, 0) is 42.0 Å². The Kier molecular flexibility index (Phi) is 16.0. The Labute approximate surface area is 264 Å². The second-order valence-corrected chi connectivity index (χ2v) is 11.6. The van der Waals surface area contributed by atoms with Gasteiger partial charge in [-0.25, -0.2) is 9.59 Å². The molecular formula is C35H47NO9. The number of hydrogen-bond donors (Lipinski definition) is 5. The van der Waals surface area contributed by atoms with E-state index in [2.05, 4.69) is 12.2 Å². The molecule has 10 nitrogen and oxygen atoms in total. The first-order valence-electron chi connectivity index (χ1n) is 15.8. The molecule has 10 heteroatoms. The Morgan fingerprint density at radius 2 is 1.44 bits per heavy atom. The maximum absolute atomic E-state index is 13.4. The lowest BCUT2D eigenvalue weighted by atomic mass is 9.82. The highest BCUT2D eigenvalue weighted by Crippen LogP contribution is 2.26. The van der Waals surface area contributed by atoms with Crippen molar-refractivity contribution in [3.05, 3.63) is 60.2 Å². The Morgan fingerprint density at radius 1 is 0.822 bits per heavy atom. The third-order valence-electron chi connectivity index (χ3n) is 7.97. The van der Waals surface area contributed by atoms with E-state index >= 15 is 0 Å². The summed E-state index contributed by atoms with van der Waals surface area (Å²) in [6.45, 7) is 2.15. The number of carbonyl (C=O) groups excluding carboxylic acids is 2. The minimum Gasteiger partial charge on any atom is -0.481 e. The molecule has 0 aromatic heterocycles. The number of allylic oxidation sites excluding steroid dienone is 1. The quantitative estimate of drug-likeness (QED) is 0.0767. The number of amides is 1. The van der Waals surface area contributed by atoms with Crippen LogP contribution < -0.4 is 5.32 Å². The van der Waals surface area contributed by atoms with Crippen LogP contribution in [0.3, 0.4) is 0 Å². The first-order valence-corrected chi connectivity index (χ1v) is 15.8. The zero-order chi connectivity index (χ0) is 33.2. The van der Waals surface area contributed by atoms with Crippen LogP contribution in [0.2, 0.25) is 0 Å². The Hall–Kier alpha value is -4.05. The van der Waals surface area contributed by atoms with Gasteiger partial charge < -0.3 is 25.7 Å². The van der Waals surface area contributed by atoms with Gasteiger partial charge in [-0.3, -0.25) is 14.4 Å². The Balaban J connectivity index is 2.04. The van der Waals surface area contributed by atoms with Crippen molar-refractivity contribution >= 4 is 40.4 Å². The first-order chi connectivity index (χ1) is 21.5. The number of aliphatic hydroxyl groups is 1. The van der Waals surface area contributed by atoms with E-state index in [0.29, 0.717) is 31.2 Å². The topological polar surface area (TPSA) is 178 Å². The normalized spacial score (nSPS) is 14.1. The van der Waals surface area contributed by atoms with Crippen molar-refractivity contribution in [2.45, 2.75) is 108 Å². The molecule has 1 amide bonds. The number of aliphatic carboxylic acids is 3. The van der Waals surface area contributed by atoms with Crippen LogP contribution in [-0.4, -0.2) is 61.7 Å². The van der Waals surface area contributed by atoms with E-state index in [1.807, 2.05) is 24.3 Å². The molecule has 0 spiro atoms. The van der Waals surface area contributed by atoms with Crippen molar-refractivity contribution in [3.63, 3.8) is 0 Å². The van der Waals surface area contributed by atoms with E-state index < -0.39 is 47.8 Å². The van der Waals surface area contributed by atoms with Gasteiger partial charge in [-0.2, -0.15) is 0 Å². The monoisotopic (exact) mass is 625 g/mol. The molecule has 0 aliphatic heterocycles. The predicted molar refractivity (Wildman–Crippen MR) is 171 cm³/mol. The van der Waals surface area contributed by atoms with E-state index in [-0.39, 0.29) is 12.2 Å². The van der Waals surface area contributed by atoms with E-state index in [0.717, 1.165) is 61.8 Å². The molecule has 0 saturated heterocycles. The smallest absolute Gasteiger partial charge is 0.337 e. The van der Waals surface area contributed by atoms with E-state index in [9.17, 15) is 44.4 Å². The maximum atomic E-state index is 13.4. The first kappa shape index (κ1) is 37.1. The van der Waals surface area contributed by atoms with Crippen molar-refractivity contribution in [1.29, 1.82) is 0 Å². The zero-order valence-electron chi connectivity index (χ0n) is 26.1. The SMILES string of the molecule is CCCCCCCC(=O)CCCCCC/C=C/[C@H](C(=O)N[C@@H](Cc1cccc2ccccc12)C(=O)O)[C@@](O)(CC(=O)O)C(=O)O. The second kappa shape index (κ2) is 19.4. The van der Waals surface area contributed by atoms with Crippen molar-refractivity contribution in [3.8, 4) is 0 Å².